The van der Waals surface area contributed by atoms with Crippen LogP contribution in [0.2, 0.25) is 0 Å². The van der Waals surface area contributed by atoms with Crippen molar-refractivity contribution >= 4 is 38.8 Å². The highest BCUT2D eigenvalue weighted by Crippen LogP contribution is 2.37. The van der Waals surface area contributed by atoms with Gasteiger partial charge in [0.25, 0.3) is 11.5 Å². The summed E-state index contributed by atoms with van der Waals surface area (Å²) in [6.07, 6.45) is 0. The summed E-state index contributed by atoms with van der Waals surface area (Å²) in [4.78, 5) is 25.8. The Bertz CT molecular complexity index is 1250. The largest absolute Gasteiger partial charge is 0.365 e. The fourth-order valence-electron chi connectivity index (χ4n) is 3.18. The van der Waals surface area contributed by atoms with Crippen LogP contribution < -0.4 is 16.6 Å². The normalized spacial score (nSPS) is 10.9. The fourth-order valence-corrected chi connectivity index (χ4v) is 4.31. The molecule has 0 radical (unpaired) electrons. The highest BCUT2D eigenvalue weighted by Gasteiger charge is 2.20. The van der Waals surface area contributed by atoms with Crippen molar-refractivity contribution in [2.75, 3.05) is 5.32 Å². The lowest BCUT2D eigenvalue weighted by Crippen LogP contribution is -2.16. The summed E-state index contributed by atoms with van der Waals surface area (Å²) in [6.45, 7) is 3.99. The number of pyridine rings is 1. The number of aromatic nitrogens is 1. The van der Waals surface area contributed by atoms with Crippen LogP contribution >= 0.6 is 11.3 Å². The molecule has 140 valence electrons. The van der Waals surface area contributed by atoms with Gasteiger partial charge < -0.3 is 11.1 Å². The van der Waals surface area contributed by atoms with Crippen LogP contribution in [0.1, 0.15) is 20.8 Å². The topological polar surface area (TPSA) is 77.1 Å². The number of aryl methyl sites for hydroxylation is 2. The average Bonchev–Trinajstić information content (AvgIpc) is 3.01. The van der Waals surface area contributed by atoms with Crippen molar-refractivity contribution in [2.24, 2.45) is 5.73 Å². The predicted octanol–water partition coefficient (Wildman–Crippen LogP) is 4.51. The Labute approximate surface area is 166 Å². The summed E-state index contributed by atoms with van der Waals surface area (Å²) < 4.78 is 1.62. The SMILES string of the molecule is Cc1ccc(-n2c(=O)ccc3c(Nc4cccc(C)c4)c(C(N)=O)sc32)cc1. The van der Waals surface area contributed by atoms with Gasteiger partial charge in [0.1, 0.15) is 9.71 Å². The highest BCUT2D eigenvalue weighted by atomic mass is 32.1. The van der Waals surface area contributed by atoms with Gasteiger partial charge in [-0.25, -0.2) is 0 Å². The second-order valence-electron chi connectivity index (χ2n) is 6.73. The lowest BCUT2D eigenvalue weighted by Gasteiger charge is -2.10. The maximum Gasteiger partial charge on any atom is 0.261 e. The van der Waals surface area contributed by atoms with E-state index in [1.165, 1.54) is 17.4 Å². The van der Waals surface area contributed by atoms with E-state index in [4.69, 9.17) is 5.73 Å². The molecule has 4 aromatic rings. The van der Waals surface area contributed by atoms with E-state index in [1.54, 1.807) is 10.6 Å². The van der Waals surface area contributed by atoms with E-state index in [9.17, 15) is 9.59 Å². The number of fused-ring (bicyclic) bond motifs is 1. The summed E-state index contributed by atoms with van der Waals surface area (Å²) in [5, 5.41) is 4.10. The number of primary amides is 1. The monoisotopic (exact) mass is 389 g/mol. The van der Waals surface area contributed by atoms with Crippen molar-refractivity contribution in [3.8, 4) is 5.69 Å². The van der Waals surface area contributed by atoms with Gasteiger partial charge in [-0.05, 0) is 49.7 Å². The van der Waals surface area contributed by atoms with Gasteiger partial charge in [0.2, 0.25) is 0 Å². The zero-order valence-corrected chi connectivity index (χ0v) is 16.3. The first-order valence-electron chi connectivity index (χ1n) is 8.83. The number of hydrogen-bond acceptors (Lipinski definition) is 4. The summed E-state index contributed by atoms with van der Waals surface area (Å²) in [6, 6.07) is 18.8. The molecule has 0 fully saturated rings. The summed E-state index contributed by atoms with van der Waals surface area (Å²) in [7, 11) is 0. The molecule has 0 bridgehead atoms. The quantitative estimate of drug-likeness (QED) is 0.539. The number of nitrogens with zero attached hydrogens (tertiary/aromatic N) is 1. The molecular formula is C22H19N3O2S. The van der Waals surface area contributed by atoms with Crippen LogP contribution in [-0.2, 0) is 0 Å². The van der Waals surface area contributed by atoms with E-state index in [1.807, 2.05) is 62.4 Å². The number of nitrogens with two attached hydrogens (primary N) is 1. The Morgan fingerprint density at radius 3 is 2.43 bits per heavy atom. The zero-order chi connectivity index (χ0) is 19.8. The van der Waals surface area contributed by atoms with E-state index < -0.39 is 5.91 Å². The molecule has 5 nitrogen and oxygen atoms in total. The van der Waals surface area contributed by atoms with Crippen molar-refractivity contribution in [1.29, 1.82) is 0 Å². The molecule has 2 aromatic carbocycles. The molecule has 0 unspecified atom stereocenters. The van der Waals surface area contributed by atoms with Crippen LogP contribution in [0.3, 0.4) is 0 Å². The van der Waals surface area contributed by atoms with Gasteiger partial charge in [-0.3, -0.25) is 14.2 Å². The maximum atomic E-state index is 12.6. The third kappa shape index (κ3) is 3.18. The van der Waals surface area contributed by atoms with Crippen LogP contribution in [0.25, 0.3) is 15.9 Å². The maximum absolute atomic E-state index is 12.6. The van der Waals surface area contributed by atoms with Gasteiger partial charge >= 0.3 is 0 Å². The second kappa shape index (κ2) is 6.98. The van der Waals surface area contributed by atoms with Gasteiger partial charge in [-0.1, -0.05) is 29.8 Å². The van der Waals surface area contributed by atoms with Crippen molar-refractivity contribution in [3.05, 3.63) is 87.0 Å². The molecular weight excluding hydrogens is 370 g/mol. The van der Waals surface area contributed by atoms with Crippen LogP contribution in [0.5, 0.6) is 0 Å². The third-order valence-corrected chi connectivity index (χ3v) is 5.75. The van der Waals surface area contributed by atoms with Gasteiger partial charge in [0.15, 0.2) is 0 Å². The molecule has 3 N–H and O–H groups in total. The minimum atomic E-state index is -0.528. The third-order valence-electron chi connectivity index (χ3n) is 4.54. The molecule has 1 amide bonds. The number of rotatable bonds is 4. The van der Waals surface area contributed by atoms with Gasteiger partial charge in [0, 0.05) is 17.1 Å². The van der Waals surface area contributed by atoms with E-state index >= 15 is 0 Å². The molecule has 0 saturated heterocycles. The standard InChI is InChI=1S/C22H19N3O2S/c1-13-6-8-16(9-7-13)25-18(26)11-10-17-19(20(21(23)27)28-22(17)25)24-15-5-3-4-14(2)12-15/h3-12,24H,1-2H3,(H2,23,27). The summed E-state index contributed by atoms with van der Waals surface area (Å²) in [5.41, 5.74) is 9.93. The fraction of sp³-hybridized carbons (Fsp3) is 0.0909. The molecule has 0 aliphatic heterocycles. The zero-order valence-electron chi connectivity index (χ0n) is 15.5. The van der Waals surface area contributed by atoms with Gasteiger partial charge in [0.05, 0.1) is 11.4 Å². The number of carbonyl (C=O) groups excluding carboxylic acids is 1. The molecule has 0 spiro atoms. The molecule has 0 atom stereocenters. The molecule has 0 aliphatic carbocycles. The molecule has 6 heteroatoms. The molecule has 4 rings (SSSR count). The average molecular weight is 389 g/mol. The number of nitrogens with one attached hydrogen (secondary N) is 1. The first kappa shape index (κ1) is 18.0. The van der Waals surface area contributed by atoms with Crippen molar-refractivity contribution in [1.82, 2.24) is 4.57 Å². The van der Waals surface area contributed by atoms with Crippen molar-refractivity contribution < 1.29 is 4.79 Å². The number of benzene rings is 2. The molecule has 2 aromatic heterocycles. The highest BCUT2D eigenvalue weighted by molar-refractivity contribution is 7.21. The van der Waals surface area contributed by atoms with Crippen molar-refractivity contribution in [3.63, 3.8) is 0 Å². The van der Waals surface area contributed by atoms with Gasteiger partial charge in [-0.15, -0.1) is 11.3 Å². The van der Waals surface area contributed by atoms with Crippen LogP contribution in [0.15, 0.2) is 65.5 Å². The Morgan fingerprint density at radius 2 is 1.75 bits per heavy atom. The van der Waals surface area contributed by atoms with E-state index in [-0.39, 0.29) is 5.56 Å². The summed E-state index contributed by atoms with van der Waals surface area (Å²) in [5.74, 6) is -0.528. The lowest BCUT2D eigenvalue weighted by atomic mass is 10.2. The number of carbonyl (C=O) groups is 1. The Hall–Kier alpha value is -3.38. The Morgan fingerprint density at radius 1 is 1.00 bits per heavy atom. The number of anilines is 2. The van der Waals surface area contributed by atoms with Crippen LogP contribution in [-0.4, -0.2) is 10.5 Å². The van der Waals surface area contributed by atoms with Gasteiger partial charge in [-0.2, -0.15) is 0 Å². The van der Waals surface area contributed by atoms with E-state index in [2.05, 4.69) is 5.32 Å². The molecule has 2 heterocycles. The first-order valence-corrected chi connectivity index (χ1v) is 9.65. The van der Waals surface area contributed by atoms with Crippen LogP contribution in [0, 0.1) is 13.8 Å². The Kier molecular flexibility index (Phi) is 4.49. The number of hydrogen-bond donors (Lipinski definition) is 2. The molecule has 0 saturated carbocycles. The number of thiophene rings is 1. The molecule has 0 aliphatic rings. The van der Waals surface area contributed by atoms with Crippen molar-refractivity contribution in [2.45, 2.75) is 13.8 Å². The first-order chi connectivity index (χ1) is 13.4. The Balaban J connectivity index is 1.96. The molecule has 28 heavy (non-hydrogen) atoms. The predicted molar refractivity (Wildman–Crippen MR) is 115 cm³/mol. The van der Waals surface area contributed by atoms with Crippen LogP contribution in [0.4, 0.5) is 11.4 Å². The lowest BCUT2D eigenvalue weighted by molar-refractivity contribution is 0.100. The summed E-state index contributed by atoms with van der Waals surface area (Å²) >= 11 is 1.22. The van der Waals surface area contributed by atoms with E-state index in [0.29, 0.717) is 15.4 Å². The number of amides is 1. The minimum Gasteiger partial charge on any atom is -0.365 e. The minimum absolute atomic E-state index is 0.157. The van der Waals surface area contributed by atoms with E-state index in [0.717, 1.165) is 27.9 Å². The second-order valence-corrected chi connectivity index (χ2v) is 7.73. The smallest absolute Gasteiger partial charge is 0.261 e.